The van der Waals surface area contributed by atoms with E-state index in [4.69, 9.17) is 15.1 Å². The Kier molecular flexibility index (Phi) is 7.40. The molecule has 1 aliphatic carbocycles. The van der Waals surface area contributed by atoms with Gasteiger partial charge >= 0.3 is 5.97 Å². The maximum Gasteiger partial charge on any atom is 0.303 e. The van der Waals surface area contributed by atoms with Crippen LogP contribution in [0.5, 0.6) is 0 Å². The van der Waals surface area contributed by atoms with Crippen molar-refractivity contribution in [1.82, 2.24) is 20.6 Å². The first-order valence-electron chi connectivity index (χ1n) is 12.7. The van der Waals surface area contributed by atoms with Crippen molar-refractivity contribution in [3.63, 3.8) is 0 Å². The Morgan fingerprint density at radius 2 is 1.87 bits per heavy atom. The Morgan fingerprint density at radius 1 is 1.03 bits per heavy atom. The number of nitrogens with zero attached hydrogens (tertiary/aromatic N) is 2. The van der Waals surface area contributed by atoms with Crippen molar-refractivity contribution in [1.29, 1.82) is 0 Å². The number of nitrogens with one attached hydrogen (secondary N) is 2. The van der Waals surface area contributed by atoms with Crippen LogP contribution in [-0.4, -0.2) is 38.9 Å². The summed E-state index contributed by atoms with van der Waals surface area (Å²) in [7, 11) is 0. The summed E-state index contributed by atoms with van der Waals surface area (Å²) in [4.78, 5) is 46.2. The lowest BCUT2D eigenvalue weighted by atomic mass is 9.95. The van der Waals surface area contributed by atoms with E-state index < -0.39 is 12.0 Å². The quantitative estimate of drug-likeness (QED) is 0.386. The molecule has 2 amide bonds. The lowest BCUT2D eigenvalue weighted by molar-refractivity contribution is -0.137. The number of carboxylic acids is 1. The standard InChI is InChI=1S/C30H28N4O4/c35-27-18-25(21-11-5-2-6-12-22(21)32-27)34-30(38)20-15-16-23-26(17-20)31-24(13-7-8-14-28(36)37)29(33-23)19-9-3-1-4-10-19/h1-6,9-11,15-17,25H,7-8,12-14,18H2,(H,32,35)(H,34,38)(H,36,37). The van der Waals surface area contributed by atoms with Crippen LogP contribution >= 0.6 is 0 Å². The molecule has 0 bridgehead atoms. The molecule has 3 aromatic rings. The Balaban J connectivity index is 1.43. The monoisotopic (exact) mass is 508 g/mol. The molecule has 2 heterocycles. The Labute approximate surface area is 220 Å². The number of hydrogen-bond acceptors (Lipinski definition) is 5. The number of carbonyl (C=O) groups is 3. The minimum atomic E-state index is -0.817. The first kappa shape index (κ1) is 25.1. The van der Waals surface area contributed by atoms with E-state index in [1.807, 2.05) is 54.6 Å². The number of aliphatic carboxylic acids is 1. The predicted molar refractivity (Wildman–Crippen MR) is 144 cm³/mol. The number of unbranched alkanes of at least 4 members (excludes halogenated alkanes) is 1. The van der Waals surface area contributed by atoms with Crippen LogP contribution in [0.3, 0.4) is 0 Å². The molecular weight excluding hydrogens is 480 g/mol. The summed E-state index contributed by atoms with van der Waals surface area (Å²) < 4.78 is 0. The van der Waals surface area contributed by atoms with Crippen LogP contribution in [0.25, 0.3) is 22.3 Å². The molecule has 192 valence electrons. The fourth-order valence-electron chi connectivity index (χ4n) is 4.78. The van der Waals surface area contributed by atoms with Crippen LogP contribution < -0.4 is 10.6 Å². The number of carbonyl (C=O) groups excluding carboxylic acids is 2. The summed E-state index contributed by atoms with van der Waals surface area (Å²) in [6.07, 6.45) is 10.4. The van der Waals surface area contributed by atoms with E-state index in [1.54, 1.807) is 18.2 Å². The minimum Gasteiger partial charge on any atom is -0.481 e. The van der Waals surface area contributed by atoms with Gasteiger partial charge in [-0.05, 0) is 43.0 Å². The number of benzene rings is 2. The summed E-state index contributed by atoms with van der Waals surface area (Å²) in [5.74, 6) is -1.23. The lowest BCUT2D eigenvalue weighted by Crippen LogP contribution is -2.44. The summed E-state index contributed by atoms with van der Waals surface area (Å²) in [6, 6.07) is 14.6. The van der Waals surface area contributed by atoms with E-state index in [9.17, 15) is 14.4 Å². The van der Waals surface area contributed by atoms with Crippen LogP contribution in [-0.2, 0) is 16.0 Å². The van der Waals surface area contributed by atoms with Gasteiger partial charge in [-0.25, -0.2) is 9.97 Å². The molecule has 0 saturated heterocycles. The maximum absolute atomic E-state index is 13.3. The van der Waals surface area contributed by atoms with Gasteiger partial charge in [0.2, 0.25) is 5.91 Å². The number of amides is 2. The molecule has 8 heteroatoms. The number of rotatable bonds is 8. The van der Waals surface area contributed by atoms with Crippen molar-refractivity contribution in [2.45, 2.75) is 44.6 Å². The normalized spacial score (nSPS) is 16.6. The molecule has 2 aliphatic rings. The van der Waals surface area contributed by atoms with Gasteiger partial charge in [0.05, 0.1) is 34.9 Å². The van der Waals surface area contributed by atoms with Gasteiger partial charge in [0.1, 0.15) is 0 Å². The number of carboxylic acid groups (broad SMARTS) is 1. The molecule has 1 atom stereocenters. The van der Waals surface area contributed by atoms with Gasteiger partial charge in [0.15, 0.2) is 0 Å². The zero-order valence-electron chi connectivity index (χ0n) is 20.8. The van der Waals surface area contributed by atoms with E-state index in [0.29, 0.717) is 42.3 Å². The highest BCUT2D eigenvalue weighted by molar-refractivity contribution is 5.98. The first-order chi connectivity index (χ1) is 18.5. The van der Waals surface area contributed by atoms with Crippen molar-refractivity contribution >= 4 is 28.8 Å². The van der Waals surface area contributed by atoms with Crippen LogP contribution in [0.1, 0.15) is 48.2 Å². The number of hydrogen-bond donors (Lipinski definition) is 3. The van der Waals surface area contributed by atoms with Crippen LogP contribution in [0, 0.1) is 0 Å². The third-order valence-corrected chi connectivity index (χ3v) is 6.65. The molecule has 38 heavy (non-hydrogen) atoms. The van der Waals surface area contributed by atoms with Gasteiger partial charge in [-0.15, -0.1) is 0 Å². The van der Waals surface area contributed by atoms with Gasteiger partial charge in [0, 0.05) is 29.7 Å². The number of allylic oxidation sites excluding steroid dienone is 3. The fraction of sp³-hybridized carbons (Fsp3) is 0.233. The summed E-state index contributed by atoms with van der Waals surface area (Å²) in [5.41, 5.74) is 5.84. The van der Waals surface area contributed by atoms with Gasteiger partial charge in [-0.3, -0.25) is 14.4 Å². The largest absolute Gasteiger partial charge is 0.481 e. The van der Waals surface area contributed by atoms with Gasteiger partial charge < -0.3 is 15.7 Å². The average Bonchev–Trinajstić information content (AvgIpc) is 3.16. The molecular formula is C30H28N4O4. The van der Waals surface area contributed by atoms with E-state index >= 15 is 0 Å². The minimum absolute atomic E-state index is 0.106. The zero-order valence-corrected chi connectivity index (χ0v) is 20.8. The molecule has 8 nitrogen and oxygen atoms in total. The lowest BCUT2D eigenvalue weighted by Gasteiger charge is -2.27. The molecule has 0 saturated carbocycles. The third-order valence-electron chi connectivity index (χ3n) is 6.65. The summed E-state index contributed by atoms with van der Waals surface area (Å²) in [5, 5.41) is 14.9. The second-order valence-electron chi connectivity index (χ2n) is 9.39. The molecule has 1 aromatic heterocycles. The summed E-state index contributed by atoms with van der Waals surface area (Å²) >= 11 is 0. The number of fused-ring (bicyclic) bond motifs is 1. The third kappa shape index (κ3) is 5.70. The van der Waals surface area contributed by atoms with Gasteiger partial charge in [0.25, 0.3) is 5.91 Å². The second kappa shape index (κ2) is 11.2. The van der Waals surface area contributed by atoms with Gasteiger partial charge in [-0.2, -0.15) is 0 Å². The average molecular weight is 509 g/mol. The van der Waals surface area contributed by atoms with E-state index in [0.717, 1.165) is 28.2 Å². The fourth-order valence-corrected chi connectivity index (χ4v) is 4.78. The Morgan fingerprint density at radius 3 is 2.68 bits per heavy atom. The van der Waals surface area contributed by atoms with E-state index in [2.05, 4.69) is 10.6 Å². The van der Waals surface area contributed by atoms with Crippen LogP contribution in [0.2, 0.25) is 0 Å². The van der Waals surface area contributed by atoms with Crippen LogP contribution in [0.4, 0.5) is 0 Å². The highest BCUT2D eigenvalue weighted by Crippen LogP contribution is 2.26. The van der Waals surface area contributed by atoms with Crippen molar-refractivity contribution in [3.05, 3.63) is 95.4 Å². The topological polar surface area (TPSA) is 121 Å². The Bertz CT molecular complexity index is 1490. The van der Waals surface area contributed by atoms with E-state index in [1.165, 1.54) is 0 Å². The molecule has 3 N–H and O–H groups in total. The molecule has 5 rings (SSSR count). The highest BCUT2D eigenvalue weighted by atomic mass is 16.4. The van der Waals surface area contributed by atoms with Gasteiger partial charge in [-0.1, -0.05) is 54.6 Å². The second-order valence-corrected chi connectivity index (χ2v) is 9.39. The highest BCUT2D eigenvalue weighted by Gasteiger charge is 2.28. The van der Waals surface area contributed by atoms with Crippen molar-refractivity contribution in [3.8, 4) is 11.3 Å². The molecule has 1 unspecified atom stereocenters. The maximum atomic E-state index is 13.3. The van der Waals surface area contributed by atoms with Crippen molar-refractivity contribution in [2.24, 2.45) is 0 Å². The van der Waals surface area contributed by atoms with Crippen molar-refractivity contribution in [2.75, 3.05) is 0 Å². The first-order valence-corrected chi connectivity index (χ1v) is 12.7. The number of aryl methyl sites for hydroxylation is 1. The zero-order chi connectivity index (χ0) is 26.5. The smallest absolute Gasteiger partial charge is 0.303 e. The molecule has 0 spiro atoms. The van der Waals surface area contributed by atoms with E-state index in [-0.39, 0.29) is 24.7 Å². The molecule has 2 aromatic carbocycles. The summed E-state index contributed by atoms with van der Waals surface area (Å²) in [6.45, 7) is 0. The molecule has 0 fully saturated rings. The van der Waals surface area contributed by atoms with Crippen LogP contribution in [0.15, 0.2) is 84.1 Å². The predicted octanol–water partition coefficient (Wildman–Crippen LogP) is 4.48. The molecule has 1 aliphatic heterocycles. The number of aromatic nitrogens is 2. The SMILES string of the molecule is O=C(O)CCCCc1nc2cc(C(=O)NC3CC(=O)NC4=C3C=CC=CC4)ccc2nc1-c1ccccc1. The molecule has 0 radical (unpaired) electrons. The Hall–Kier alpha value is -4.59. The van der Waals surface area contributed by atoms with Crippen molar-refractivity contribution < 1.29 is 19.5 Å².